The summed E-state index contributed by atoms with van der Waals surface area (Å²) < 4.78 is 4.62. The van der Waals surface area contributed by atoms with Crippen LogP contribution in [0, 0.1) is 11.8 Å². The quantitative estimate of drug-likeness (QED) is 0.295. The van der Waals surface area contributed by atoms with Gasteiger partial charge in [-0.2, -0.15) is 0 Å². The minimum Gasteiger partial charge on any atom is -0.469 e. The molecule has 1 aliphatic carbocycles. The van der Waals surface area contributed by atoms with Crippen LogP contribution in [0.2, 0.25) is 0 Å². The van der Waals surface area contributed by atoms with Gasteiger partial charge in [-0.25, -0.2) is 0 Å². The zero-order valence-corrected chi connectivity index (χ0v) is 16.5. The topological polar surface area (TPSA) is 89.6 Å². The van der Waals surface area contributed by atoms with Gasteiger partial charge in [0.1, 0.15) is 5.78 Å². The molecule has 4 atom stereocenters. The SMILES string of the molecule is CCCCCC(=O)CC[C@H]1C(N)CC(O)[C@@H]1CC=CCCCC(=O)OC. The van der Waals surface area contributed by atoms with Crippen molar-refractivity contribution in [2.24, 2.45) is 17.6 Å². The van der Waals surface area contributed by atoms with Crippen molar-refractivity contribution in [2.75, 3.05) is 7.11 Å². The molecule has 0 heterocycles. The monoisotopic (exact) mass is 367 g/mol. The summed E-state index contributed by atoms with van der Waals surface area (Å²) in [6, 6.07) is -0.0221. The zero-order chi connectivity index (χ0) is 19.4. The number of hydrogen-bond acceptors (Lipinski definition) is 5. The summed E-state index contributed by atoms with van der Waals surface area (Å²) in [4.78, 5) is 23.1. The summed E-state index contributed by atoms with van der Waals surface area (Å²) >= 11 is 0. The van der Waals surface area contributed by atoms with Gasteiger partial charge in [0.05, 0.1) is 13.2 Å². The number of ketones is 1. The third-order valence-corrected chi connectivity index (χ3v) is 5.48. The van der Waals surface area contributed by atoms with Gasteiger partial charge in [0.2, 0.25) is 0 Å². The minimum atomic E-state index is -0.384. The number of aliphatic hydroxyl groups excluding tert-OH is 1. The highest BCUT2D eigenvalue weighted by Gasteiger charge is 2.39. The van der Waals surface area contributed by atoms with Gasteiger partial charge >= 0.3 is 5.97 Å². The van der Waals surface area contributed by atoms with E-state index in [0.29, 0.717) is 31.5 Å². The summed E-state index contributed by atoms with van der Waals surface area (Å²) in [5, 5.41) is 10.3. The van der Waals surface area contributed by atoms with E-state index in [0.717, 1.165) is 44.9 Å². The average molecular weight is 368 g/mol. The summed E-state index contributed by atoms with van der Waals surface area (Å²) in [6.07, 6.45) is 12.4. The lowest BCUT2D eigenvalue weighted by molar-refractivity contribution is -0.140. The number of esters is 1. The summed E-state index contributed by atoms with van der Waals surface area (Å²) in [6.45, 7) is 2.14. The molecule has 0 aromatic rings. The van der Waals surface area contributed by atoms with E-state index in [1.165, 1.54) is 7.11 Å². The standard InChI is InChI=1S/C21H37NO4/c1-3-4-7-10-16(23)13-14-17-18(20(24)15-19(17)22)11-8-5-6-9-12-21(25)26-2/h5,8,17-20,24H,3-4,6-7,9-15,22H2,1-2H3/t17-,18-,19?,20?/m1/s1. The number of nitrogens with two attached hydrogens (primary N) is 1. The molecule has 1 fully saturated rings. The van der Waals surface area contributed by atoms with E-state index in [1.807, 2.05) is 0 Å². The fourth-order valence-corrected chi connectivity index (χ4v) is 3.85. The maximum Gasteiger partial charge on any atom is 0.305 e. The van der Waals surface area contributed by atoms with Crippen LogP contribution in [0.5, 0.6) is 0 Å². The van der Waals surface area contributed by atoms with Crippen LogP contribution in [-0.2, 0) is 14.3 Å². The van der Waals surface area contributed by atoms with Gasteiger partial charge in [0, 0.05) is 25.3 Å². The normalized spacial score (nSPS) is 25.7. The predicted octanol–water partition coefficient (Wildman–Crippen LogP) is 3.53. The first-order valence-electron chi connectivity index (χ1n) is 10.2. The van der Waals surface area contributed by atoms with Crippen LogP contribution < -0.4 is 5.73 Å². The van der Waals surface area contributed by atoms with Gasteiger partial charge in [-0.3, -0.25) is 9.59 Å². The van der Waals surface area contributed by atoms with Gasteiger partial charge in [-0.05, 0) is 50.4 Å². The Balaban J connectivity index is 2.36. The molecule has 150 valence electrons. The highest BCUT2D eigenvalue weighted by Crippen LogP contribution is 2.37. The van der Waals surface area contributed by atoms with Crippen molar-refractivity contribution < 1.29 is 19.4 Å². The first-order valence-corrected chi connectivity index (χ1v) is 10.2. The fraction of sp³-hybridized carbons (Fsp3) is 0.810. The summed E-state index contributed by atoms with van der Waals surface area (Å²) in [5.41, 5.74) is 6.22. The Morgan fingerprint density at radius 1 is 1.12 bits per heavy atom. The molecular weight excluding hydrogens is 330 g/mol. The first kappa shape index (κ1) is 22.8. The molecule has 0 amide bonds. The number of rotatable bonds is 13. The second-order valence-electron chi connectivity index (χ2n) is 7.50. The zero-order valence-electron chi connectivity index (χ0n) is 16.5. The van der Waals surface area contributed by atoms with Crippen molar-refractivity contribution in [2.45, 2.75) is 89.7 Å². The third kappa shape index (κ3) is 8.45. The Labute approximate surface area is 158 Å². The third-order valence-electron chi connectivity index (χ3n) is 5.48. The van der Waals surface area contributed by atoms with Crippen LogP contribution in [0.4, 0.5) is 0 Å². The number of allylic oxidation sites excluding steroid dienone is 2. The molecule has 1 rings (SSSR count). The number of carbonyl (C=O) groups is 2. The van der Waals surface area contributed by atoms with Crippen LogP contribution in [-0.4, -0.2) is 36.1 Å². The van der Waals surface area contributed by atoms with E-state index in [-0.39, 0.29) is 30.0 Å². The van der Waals surface area contributed by atoms with Crippen molar-refractivity contribution in [3.8, 4) is 0 Å². The van der Waals surface area contributed by atoms with Crippen molar-refractivity contribution >= 4 is 11.8 Å². The van der Waals surface area contributed by atoms with Crippen molar-refractivity contribution in [3.63, 3.8) is 0 Å². The Morgan fingerprint density at radius 2 is 1.88 bits per heavy atom. The van der Waals surface area contributed by atoms with E-state index in [2.05, 4.69) is 23.8 Å². The molecule has 26 heavy (non-hydrogen) atoms. The predicted molar refractivity (Wildman–Crippen MR) is 104 cm³/mol. The first-order chi connectivity index (χ1) is 12.5. The molecule has 0 saturated heterocycles. The smallest absolute Gasteiger partial charge is 0.305 e. The Hall–Kier alpha value is -1.20. The Kier molecular flexibility index (Phi) is 11.5. The number of carbonyl (C=O) groups excluding carboxylic acids is 2. The Bertz CT molecular complexity index is 449. The maximum atomic E-state index is 12.0. The number of aliphatic hydroxyl groups is 1. The van der Waals surface area contributed by atoms with Crippen LogP contribution in [0.1, 0.15) is 77.6 Å². The van der Waals surface area contributed by atoms with Gasteiger partial charge in [-0.1, -0.05) is 31.9 Å². The van der Waals surface area contributed by atoms with Crippen LogP contribution >= 0.6 is 0 Å². The fourth-order valence-electron chi connectivity index (χ4n) is 3.85. The van der Waals surface area contributed by atoms with Crippen molar-refractivity contribution in [3.05, 3.63) is 12.2 Å². The molecule has 0 aliphatic heterocycles. The van der Waals surface area contributed by atoms with E-state index in [9.17, 15) is 14.7 Å². The van der Waals surface area contributed by atoms with Gasteiger partial charge in [0.15, 0.2) is 0 Å². The number of ether oxygens (including phenoxy) is 1. The molecule has 1 saturated carbocycles. The number of Topliss-reactive ketones (excluding diaryl/α,β-unsaturated/α-hetero) is 1. The molecule has 1 aliphatic rings. The van der Waals surface area contributed by atoms with Gasteiger partial charge in [-0.15, -0.1) is 0 Å². The number of unbranched alkanes of at least 4 members (excludes halogenated alkanes) is 3. The average Bonchev–Trinajstić information content (AvgIpc) is 2.89. The molecule has 0 radical (unpaired) electrons. The lowest BCUT2D eigenvalue weighted by atomic mass is 9.85. The summed E-state index contributed by atoms with van der Waals surface area (Å²) in [7, 11) is 1.40. The molecular formula is C21H37NO4. The van der Waals surface area contributed by atoms with Crippen LogP contribution in [0.25, 0.3) is 0 Å². The molecule has 5 nitrogen and oxygen atoms in total. The maximum absolute atomic E-state index is 12.0. The van der Waals surface area contributed by atoms with Crippen LogP contribution in [0.3, 0.4) is 0 Å². The van der Waals surface area contributed by atoms with E-state index >= 15 is 0 Å². The van der Waals surface area contributed by atoms with Gasteiger partial charge in [0.25, 0.3) is 0 Å². The molecule has 0 bridgehead atoms. The minimum absolute atomic E-state index is 0.0221. The molecule has 0 spiro atoms. The highest BCUT2D eigenvalue weighted by atomic mass is 16.5. The second-order valence-corrected chi connectivity index (χ2v) is 7.50. The van der Waals surface area contributed by atoms with E-state index < -0.39 is 0 Å². The molecule has 3 N–H and O–H groups in total. The largest absolute Gasteiger partial charge is 0.469 e. The lowest BCUT2D eigenvalue weighted by Crippen LogP contribution is -2.28. The highest BCUT2D eigenvalue weighted by molar-refractivity contribution is 5.78. The lowest BCUT2D eigenvalue weighted by Gasteiger charge is -2.22. The van der Waals surface area contributed by atoms with E-state index in [1.54, 1.807) is 0 Å². The molecule has 5 heteroatoms. The van der Waals surface area contributed by atoms with E-state index in [4.69, 9.17) is 5.73 Å². The van der Waals surface area contributed by atoms with Gasteiger partial charge < -0.3 is 15.6 Å². The molecule has 0 aromatic heterocycles. The van der Waals surface area contributed by atoms with Crippen molar-refractivity contribution in [1.82, 2.24) is 0 Å². The van der Waals surface area contributed by atoms with Crippen molar-refractivity contribution in [1.29, 1.82) is 0 Å². The van der Waals surface area contributed by atoms with Crippen LogP contribution in [0.15, 0.2) is 12.2 Å². The Morgan fingerprint density at radius 3 is 2.58 bits per heavy atom. The number of methoxy groups -OCH3 is 1. The molecule has 2 unspecified atom stereocenters. The molecule has 0 aromatic carbocycles. The number of hydrogen-bond donors (Lipinski definition) is 2. The second kappa shape index (κ2) is 13.0. The summed E-state index contributed by atoms with van der Waals surface area (Å²) in [5.74, 6) is 0.480.